The van der Waals surface area contributed by atoms with Crippen molar-refractivity contribution in [2.45, 2.75) is 57.0 Å². The van der Waals surface area contributed by atoms with Crippen molar-refractivity contribution < 1.29 is 9.18 Å². The van der Waals surface area contributed by atoms with Gasteiger partial charge in [-0.2, -0.15) is 0 Å². The standard InChI is InChI=1S/C18H25FN4OS2/c1-5-12(3)23(13(4)6-2)16(24)11-25-18-22-21-17(26-18)20-15-10-8-7-9-14(15)19/h7-10,12-13H,5-6,11H2,1-4H3,(H,20,21)/t12-,13+. The molecular formula is C18H25FN4OS2. The third-order valence-corrected chi connectivity index (χ3v) is 6.22. The van der Waals surface area contributed by atoms with E-state index in [1.807, 2.05) is 4.90 Å². The molecule has 1 aromatic heterocycles. The molecule has 5 nitrogen and oxygen atoms in total. The van der Waals surface area contributed by atoms with E-state index in [9.17, 15) is 9.18 Å². The number of halogens is 1. The lowest BCUT2D eigenvalue weighted by Crippen LogP contribution is -2.45. The molecule has 0 fully saturated rings. The first-order valence-electron chi connectivity index (χ1n) is 8.75. The summed E-state index contributed by atoms with van der Waals surface area (Å²) in [5, 5.41) is 11.5. The molecule has 8 heteroatoms. The van der Waals surface area contributed by atoms with Gasteiger partial charge in [-0.05, 0) is 38.8 Å². The van der Waals surface area contributed by atoms with Gasteiger partial charge in [0, 0.05) is 12.1 Å². The Hall–Kier alpha value is -1.67. The van der Waals surface area contributed by atoms with E-state index in [0.717, 1.165) is 12.8 Å². The summed E-state index contributed by atoms with van der Waals surface area (Å²) in [6.07, 6.45) is 1.85. The van der Waals surface area contributed by atoms with Crippen LogP contribution in [0.5, 0.6) is 0 Å². The number of carbonyl (C=O) groups is 1. The summed E-state index contributed by atoms with van der Waals surface area (Å²) < 4.78 is 14.4. The number of aromatic nitrogens is 2. The second-order valence-corrected chi connectivity index (χ2v) is 8.28. The molecule has 0 aliphatic carbocycles. The van der Waals surface area contributed by atoms with Crippen molar-refractivity contribution in [2.24, 2.45) is 0 Å². The molecule has 1 N–H and O–H groups in total. The predicted molar refractivity (Wildman–Crippen MR) is 107 cm³/mol. The summed E-state index contributed by atoms with van der Waals surface area (Å²) in [7, 11) is 0. The van der Waals surface area contributed by atoms with Crippen molar-refractivity contribution in [3.8, 4) is 0 Å². The highest BCUT2D eigenvalue weighted by atomic mass is 32.2. The van der Waals surface area contributed by atoms with E-state index < -0.39 is 0 Å². The van der Waals surface area contributed by atoms with E-state index in [-0.39, 0.29) is 23.8 Å². The van der Waals surface area contributed by atoms with E-state index in [1.165, 1.54) is 29.2 Å². The molecule has 0 unspecified atom stereocenters. The molecule has 1 heterocycles. The number of nitrogens with one attached hydrogen (secondary N) is 1. The summed E-state index contributed by atoms with van der Waals surface area (Å²) in [5.74, 6) is 0.0885. The smallest absolute Gasteiger partial charge is 0.233 e. The molecule has 2 aromatic rings. The zero-order chi connectivity index (χ0) is 19.1. The van der Waals surface area contributed by atoms with E-state index in [2.05, 4.69) is 43.2 Å². The van der Waals surface area contributed by atoms with Gasteiger partial charge in [0.1, 0.15) is 5.82 Å². The van der Waals surface area contributed by atoms with Crippen LogP contribution in [0.1, 0.15) is 40.5 Å². The summed E-state index contributed by atoms with van der Waals surface area (Å²) >= 11 is 2.68. The first-order chi connectivity index (χ1) is 12.5. The third-order valence-electron chi connectivity index (χ3n) is 4.26. The quantitative estimate of drug-likeness (QED) is 0.609. The third kappa shape index (κ3) is 5.41. The number of thioether (sulfide) groups is 1. The Morgan fingerprint density at radius 2 is 1.88 bits per heavy atom. The minimum Gasteiger partial charge on any atom is -0.337 e. The average molecular weight is 397 g/mol. The van der Waals surface area contributed by atoms with Crippen LogP contribution in [-0.2, 0) is 4.79 Å². The van der Waals surface area contributed by atoms with Gasteiger partial charge in [0.15, 0.2) is 4.34 Å². The van der Waals surface area contributed by atoms with Gasteiger partial charge in [0.2, 0.25) is 11.0 Å². The zero-order valence-corrected chi connectivity index (χ0v) is 17.2. The van der Waals surface area contributed by atoms with Gasteiger partial charge < -0.3 is 10.2 Å². The Bertz CT molecular complexity index is 715. The molecule has 0 aliphatic heterocycles. The Labute approximate surface area is 162 Å². The van der Waals surface area contributed by atoms with Crippen molar-refractivity contribution in [3.05, 3.63) is 30.1 Å². The molecule has 0 spiro atoms. The highest BCUT2D eigenvalue weighted by molar-refractivity contribution is 8.01. The number of amides is 1. The molecule has 0 bridgehead atoms. The average Bonchev–Trinajstić information content (AvgIpc) is 3.09. The minimum absolute atomic E-state index is 0.109. The zero-order valence-electron chi connectivity index (χ0n) is 15.5. The van der Waals surface area contributed by atoms with Gasteiger partial charge in [-0.3, -0.25) is 4.79 Å². The maximum absolute atomic E-state index is 13.7. The van der Waals surface area contributed by atoms with E-state index in [1.54, 1.807) is 18.2 Å². The fourth-order valence-corrected chi connectivity index (χ4v) is 4.15. The SMILES string of the molecule is CC[C@@H](C)N(C(=O)CSc1nnc(Nc2ccccc2F)s1)[C@@H](C)CC. The van der Waals surface area contributed by atoms with Crippen molar-refractivity contribution in [2.75, 3.05) is 11.1 Å². The number of para-hydroxylation sites is 1. The number of hydrogen-bond donors (Lipinski definition) is 1. The van der Waals surface area contributed by atoms with E-state index in [0.29, 0.717) is 20.9 Å². The molecule has 0 saturated heterocycles. The highest BCUT2D eigenvalue weighted by Gasteiger charge is 2.23. The van der Waals surface area contributed by atoms with Crippen LogP contribution in [0.15, 0.2) is 28.6 Å². The Morgan fingerprint density at radius 3 is 2.50 bits per heavy atom. The molecule has 1 amide bonds. The molecule has 2 rings (SSSR count). The molecule has 2 atom stereocenters. The summed E-state index contributed by atoms with van der Waals surface area (Å²) in [6, 6.07) is 6.84. The van der Waals surface area contributed by atoms with Crippen molar-refractivity contribution in [3.63, 3.8) is 0 Å². The topological polar surface area (TPSA) is 58.1 Å². The van der Waals surface area contributed by atoms with Crippen LogP contribution in [0.3, 0.4) is 0 Å². The second kappa shape index (κ2) is 9.87. The molecule has 0 radical (unpaired) electrons. The van der Waals surface area contributed by atoms with Crippen LogP contribution in [0.2, 0.25) is 0 Å². The second-order valence-electron chi connectivity index (χ2n) is 6.08. The van der Waals surface area contributed by atoms with Gasteiger partial charge >= 0.3 is 0 Å². The number of rotatable bonds is 9. The number of hydrogen-bond acceptors (Lipinski definition) is 6. The van der Waals surface area contributed by atoms with Crippen molar-refractivity contribution in [1.82, 2.24) is 15.1 Å². The fraction of sp³-hybridized carbons (Fsp3) is 0.500. The van der Waals surface area contributed by atoms with Crippen LogP contribution in [0, 0.1) is 5.82 Å². The Balaban J connectivity index is 1.96. The number of carbonyl (C=O) groups excluding carboxylic acids is 1. The van der Waals surface area contributed by atoms with Gasteiger partial charge in [-0.1, -0.05) is 49.1 Å². The van der Waals surface area contributed by atoms with Crippen LogP contribution >= 0.6 is 23.1 Å². The van der Waals surface area contributed by atoms with Crippen LogP contribution in [-0.4, -0.2) is 38.8 Å². The maximum atomic E-state index is 13.7. The largest absolute Gasteiger partial charge is 0.337 e. The molecule has 26 heavy (non-hydrogen) atoms. The predicted octanol–water partition coefficient (Wildman–Crippen LogP) is 4.94. The van der Waals surface area contributed by atoms with Crippen LogP contribution in [0.25, 0.3) is 0 Å². The van der Waals surface area contributed by atoms with Gasteiger partial charge in [0.25, 0.3) is 0 Å². The first-order valence-corrected chi connectivity index (χ1v) is 10.5. The van der Waals surface area contributed by atoms with Gasteiger partial charge in [0.05, 0.1) is 11.4 Å². The van der Waals surface area contributed by atoms with E-state index >= 15 is 0 Å². The lowest BCUT2D eigenvalue weighted by atomic mass is 10.1. The fourth-order valence-electron chi connectivity index (χ4n) is 2.51. The molecule has 0 saturated carbocycles. The van der Waals surface area contributed by atoms with Gasteiger partial charge in [-0.25, -0.2) is 4.39 Å². The van der Waals surface area contributed by atoms with Gasteiger partial charge in [-0.15, -0.1) is 10.2 Å². The minimum atomic E-state index is -0.343. The van der Waals surface area contributed by atoms with Crippen molar-refractivity contribution >= 4 is 39.8 Å². The molecule has 1 aromatic carbocycles. The van der Waals surface area contributed by atoms with Crippen LogP contribution in [0.4, 0.5) is 15.2 Å². The summed E-state index contributed by atoms with van der Waals surface area (Å²) in [4.78, 5) is 14.6. The number of benzene rings is 1. The molecule has 0 aliphatic rings. The highest BCUT2D eigenvalue weighted by Crippen LogP contribution is 2.29. The molecular weight excluding hydrogens is 371 g/mol. The normalized spacial score (nSPS) is 13.3. The number of nitrogens with zero attached hydrogens (tertiary/aromatic N) is 3. The Morgan fingerprint density at radius 1 is 1.23 bits per heavy atom. The number of anilines is 2. The first kappa shape index (κ1) is 20.6. The Kier molecular flexibility index (Phi) is 7.84. The lowest BCUT2D eigenvalue weighted by Gasteiger charge is -2.33. The summed E-state index contributed by atoms with van der Waals surface area (Å²) in [6.45, 7) is 8.34. The monoisotopic (exact) mass is 396 g/mol. The van der Waals surface area contributed by atoms with Crippen LogP contribution < -0.4 is 5.32 Å². The van der Waals surface area contributed by atoms with Crippen molar-refractivity contribution in [1.29, 1.82) is 0 Å². The lowest BCUT2D eigenvalue weighted by molar-refractivity contribution is -0.132. The molecule has 142 valence electrons. The van der Waals surface area contributed by atoms with E-state index in [4.69, 9.17) is 0 Å². The maximum Gasteiger partial charge on any atom is 0.233 e. The summed E-state index contributed by atoms with van der Waals surface area (Å²) in [5.41, 5.74) is 0.357.